The van der Waals surface area contributed by atoms with Crippen LogP contribution in [0, 0.1) is 0 Å². The van der Waals surface area contributed by atoms with Crippen molar-refractivity contribution in [3.63, 3.8) is 0 Å². The van der Waals surface area contributed by atoms with Crippen LogP contribution < -0.4 is 9.62 Å². The van der Waals surface area contributed by atoms with Crippen molar-refractivity contribution in [2.75, 3.05) is 42.1 Å². The second-order valence-corrected chi connectivity index (χ2v) is 8.88. The van der Waals surface area contributed by atoms with E-state index in [0.717, 1.165) is 36.2 Å². The lowest BCUT2D eigenvalue weighted by Crippen LogP contribution is -2.36. The average molecular weight is 414 g/mol. The summed E-state index contributed by atoms with van der Waals surface area (Å²) in [5, 5.41) is 0. The molecule has 0 spiro atoms. The lowest BCUT2D eigenvalue weighted by atomic mass is 10.1. The van der Waals surface area contributed by atoms with E-state index in [1.807, 2.05) is 24.3 Å². The van der Waals surface area contributed by atoms with E-state index in [1.165, 1.54) is 0 Å². The molecule has 2 N–H and O–H groups in total. The fourth-order valence-corrected chi connectivity index (χ4v) is 4.13. The van der Waals surface area contributed by atoms with Crippen molar-refractivity contribution in [2.24, 2.45) is 0 Å². The number of para-hydroxylation sites is 3. The van der Waals surface area contributed by atoms with E-state index in [4.69, 9.17) is 0 Å². The fourth-order valence-electron chi connectivity index (χ4n) is 3.55. The van der Waals surface area contributed by atoms with Gasteiger partial charge in [0.25, 0.3) is 5.91 Å². The molecule has 2 heterocycles. The minimum atomic E-state index is -3.47. The number of aromatic amines is 1. The Morgan fingerprint density at radius 1 is 1.03 bits per heavy atom. The number of anilines is 2. The van der Waals surface area contributed by atoms with Crippen molar-refractivity contribution in [3.05, 3.63) is 54.1 Å². The molecular weight excluding hydrogens is 390 g/mol. The first kappa shape index (κ1) is 19.3. The maximum absolute atomic E-state index is 13.1. The molecule has 1 saturated heterocycles. The summed E-state index contributed by atoms with van der Waals surface area (Å²) in [6, 6.07) is 14.6. The van der Waals surface area contributed by atoms with Gasteiger partial charge in [-0.2, -0.15) is 0 Å². The number of aromatic nitrogens is 2. The summed E-state index contributed by atoms with van der Waals surface area (Å²) < 4.78 is 25.7. The van der Waals surface area contributed by atoms with Gasteiger partial charge in [0.2, 0.25) is 16.0 Å². The molecule has 29 heavy (non-hydrogen) atoms. The number of hydrogen-bond donors (Lipinski definition) is 2. The van der Waals surface area contributed by atoms with Gasteiger partial charge in [-0.1, -0.05) is 24.3 Å². The Bertz CT molecular complexity index is 1110. The lowest BCUT2D eigenvalue weighted by Gasteiger charge is -2.23. The highest BCUT2D eigenvalue weighted by Gasteiger charge is 2.24. The van der Waals surface area contributed by atoms with E-state index in [9.17, 15) is 13.2 Å². The topological polar surface area (TPSA) is 98.4 Å². The SMILES string of the molecule is CS(=O)(=O)Nc1ccccc1C(=O)N1CCCN(c2nc3ccccc3[nH]2)CC1. The number of carbonyl (C=O) groups is 1. The van der Waals surface area contributed by atoms with E-state index in [-0.39, 0.29) is 5.91 Å². The Morgan fingerprint density at radius 2 is 1.79 bits per heavy atom. The van der Waals surface area contributed by atoms with Gasteiger partial charge in [-0.25, -0.2) is 13.4 Å². The number of sulfonamides is 1. The zero-order valence-electron chi connectivity index (χ0n) is 16.1. The highest BCUT2D eigenvalue weighted by molar-refractivity contribution is 7.92. The smallest absolute Gasteiger partial charge is 0.256 e. The van der Waals surface area contributed by atoms with Gasteiger partial charge in [0.1, 0.15) is 0 Å². The number of hydrogen-bond acceptors (Lipinski definition) is 5. The zero-order valence-corrected chi connectivity index (χ0v) is 16.9. The number of imidazole rings is 1. The van der Waals surface area contributed by atoms with Crippen molar-refractivity contribution < 1.29 is 13.2 Å². The largest absolute Gasteiger partial charge is 0.341 e. The molecule has 0 saturated carbocycles. The van der Waals surface area contributed by atoms with E-state index in [1.54, 1.807) is 29.2 Å². The third-order valence-corrected chi connectivity index (χ3v) is 5.50. The molecule has 1 aliphatic rings. The molecule has 0 unspecified atom stereocenters. The molecule has 8 nitrogen and oxygen atoms in total. The first-order valence-corrected chi connectivity index (χ1v) is 11.4. The lowest BCUT2D eigenvalue weighted by molar-refractivity contribution is 0.0768. The van der Waals surface area contributed by atoms with Crippen molar-refractivity contribution in [1.29, 1.82) is 0 Å². The van der Waals surface area contributed by atoms with E-state index >= 15 is 0 Å². The molecule has 4 rings (SSSR count). The monoisotopic (exact) mass is 413 g/mol. The average Bonchev–Trinajstić information content (AvgIpc) is 2.96. The van der Waals surface area contributed by atoms with Crippen LogP contribution >= 0.6 is 0 Å². The van der Waals surface area contributed by atoms with E-state index in [0.29, 0.717) is 30.9 Å². The molecule has 0 radical (unpaired) electrons. The quantitative estimate of drug-likeness (QED) is 0.684. The highest BCUT2D eigenvalue weighted by atomic mass is 32.2. The fraction of sp³-hybridized carbons (Fsp3) is 0.300. The normalized spacial score (nSPS) is 15.3. The molecule has 1 fully saturated rings. The molecule has 9 heteroatoms. The maximum Gasteiger partial charge on any atom is 0.256 e. The first-order valence-electron chi connectivity index (χ1n) is 9.46. The van der Waals surface area contributed by atoms with Crippen LogP contribution in [0.1, 0.15) is 16.8 Å². The van der Waals surface area contributed by atoms with E-state index < -0.39 is 10.0 Å². The number of amides is 1. The Kier molecular flexibility index (Phi) is 5.14. The summed E-state index contributed by atoms with van der Waals surface area (Å²) in [6.45, 7) is 2.56. The molecule has 1 aliphatic heterocycles. The van der Waals surface area contributed by atoms with Gasteiger partial charge in [0.05, 0.1) is 28.5 Å². The molecule has 0 atom stereocenters. The van der Waals surface area contributed by atoms with Gasteiger partial charge >= 0.3 is 0 Å². The molecule has 2 aromatic carbocycles. The second kappa shape index (κ2) is 7.75. The third-order valence-electron chi connectivity index (χ3n) is 4.91. The second-order valence-electron chi connectivity index (χ2n) is 7.13. The Balaban J connectivity index is 1.51. The number of fused-ring (bicyclic) bond motifs is 1. The number of nitrogens with zero attached hydrogens (tertiary/aromatic N) is 3. The molecule has 1 aromatic heterocycles. The van der Waals surface area contributed by atoms with Crippen molar-refractivity contribution in [1.82, 2.24) is 14.9 Å². The summed E-state index contributed by atoms with van der Waals surface area (Å²) in [7, 11) is -3.47. The first-order chi connectivity index (χ1) is 13.9. The van der Waals surface area contributed by atoms with Crippen LogP contribution in [0.2, 0.25) is 0 Å². The van der Waals surface area contributed by atoms with Gasteiger partial charge < -0.3 is 14.8 Å². The van der Waals surface area contributed by atoms with Crippen LogP contribution in [0.15, 0.2) is 48.5 Å². The minimum Gasteiger partial charge on any atom is -0.341 e. The summed E-state index contributed by atoms with van der Waals surface area (Å²) in [5.41, 5.74) is 2.56. The van der Waals surface area contributed by atoms with Gasteiger partial charge in [-0.3, -0.25) is 9.52 Å². The molecule has 1 amide bonds. The van der Waals surface area contributed by atoms with Gasteiger partial charge in [0.15, 0.2) is 0 Å². The number of rotatable bonds is 4. The molecule has 152 valence electrons. The molecule has 3 aromatic rings. The molecular formula is C20H23N5O3S. The summed E-state index contributed by atoms with van der Waals surface area (Å²) in [5.74, 6) is 0.628. The van der Waals surface area contributed by atoms with Gasteiger partial charge in [-0.15, -0.1) is 0 Å². The highest BCUT2D eigenvalue weighted by Crippen LogP contribution is 2.21. The van der Waals surface area contributed by atoms with Crippen LogP contribution in [0.5, 0.6) is 0 Å². The summed E-state index contributed by atoms with van der Waals surface area (Å²) in [4.78, 5) is 25.0. The zero-order chi connectivity index (χ0) is 20.4. The number of benzene rings is 2. The number of nitrogens with one attached hydrogen (secondary N) is 2. The maximum atomic E-state index is 13.1. The predicted molar refractivity (Wildman–Crippen MR) is 114 cm³/mol. The Hall–Kier alpha value is -3.07. The third kappa shape index (κ3) is 4.34. The van der Waals surface area contributed by atoms with Gasteiger partial charge in [0, 0.05) is 26.2 Å². The summed E-state index contributed by atoms with van der Waals surface area (Å²) >= 11 is 0. The number of carbonyl (C=O) groups excluding carboxylic acids is 1. The Labute approximate surface area is 169 Å². The number of H-pyrrole nitrogens is 1. The molecule has 0 aliphatic carbocycles. The van der Waals surface area contributed by atoms with Crippen LogP contribution in [-0.4, -0.2) is 61.6 Å². The van der Waals surface area contributed by atoms with E-state index in [2.05, 4.69) is 19.6 Å². The van der Waals surface area contributed by atoms with Crippen LogP contribution in [0.4, 0.5) is 11.6 Å². The summed E-state index contributed by atoms with van der Waals surface area (Å²) in [6.07, 6.45) is 1.87. The molecule has 0 bridgehead atoms. The van der Waals surface area contributed by atoms with Crippen molar-refractivity contribution >= 4 is 38.6 Å². The standard InChI is InChI=1S/C20H23N5O3S/c1-29(27,28)23-16-8-3-2-7-15(16)19(26)24-11-6-12-25(14-13-24)20-21-17-9-4-5-10-18(17)22-20/h2-5,7-10,23H,6,11-14H2,1H3,(H,21,22). The van der Waals surface area contributed by atoms with Crippen molar-refractivity contribution in [3.8, 4) is 0 Å². The predicted octanol–water partition coefficient (Wildman–Crippen LogP) is 2.29. The van der Waals surface area contributed by atoms with Crippen LogP contribution in [0.25, 0.3) is 11.0 Å². The van der Waals surface area contributed by atoms with Gasteiger partial charge in [-0.05, 0) is 30.7 Å². The van der Waals surface area contributed by atoms with Crippen LogP contribution in [-0.2, 0) is 10.0 Å². The van der Waals surface area contributed by atoms with Crippen molar-refractivity contribution in [2.45, 2.75) is 6.42 Å². The Morgan fingerprint density at radius 3 is 2.59 bits per heavy atom. The van der Waals surface area contributed by atoms with Crippen LogP contribution in [0.3, 0.4) is 0 Å². The minimum absolute atomic E-state index is 0.178.